The normalized spacial score (nSPS) is 9.82. The topological polar surface area (TPSA) is 74.2 Å². The molecule has 2 rings (SSSR count). The van der Waals surface area contributed by atoms with Gasteiger partial charge < -0.3 is 15.4 Å². The molecular weight excluding hydrogens is 278 g/mol. The molecule has 0 fully saturated rings. The molecule has 0 bridgehead atoms. The van der Waals surface area contributed by atoms with Gasteiger partial charge in [0.05, 0.1) is 25.3 Å². The lowest BCUT2D eigenvalue weighted by molar-refractivity contribution is -0.115. The highest BCUT2D eigenvalue weighted by Crippen LogP contribution is 2.16. The highest BCUT2D eigenvalue weighted by Gasteiger charge is 2.05. The third kappa shape index (κ3) is 4.33. The zero-order valence-electron chi connectivity index (χ0n) is 12.3. The van der Waals surface area contributed by atoms with E-state index in [0.29, 0.717) is 17.8 Å². The van der Waals surface area contributed by atoms with Gasteiger partial charge in [-0.05, 0) is 24.3 Å². The Kier molecular flexibility index (Phi) is 5.52. The highest BCUT2D eigenvalue weighted by molar-refractivity contribution is 5.92. The van der Waals surface area contributed by atoms with Crippen molar-refractivity contribution < 1.29 is 9.53 Å². The number of ether oxygens (including phenoxy) is 1. The first kappa shape index (κ1) is 15.5. The Morgan fingerprint density at radius 1 is 1.23 bits per heavy atom. The summed E-state index contributed by atoms with van der Waals surface area (Å²) in [5, 5.41) is 14.6. The van der Waals surface area contributed by atoms with Crippen LogP contribution in [0.2, 0.25) is 0 Å². The standard InChI is InChI=1S/C17H17N3O2/c1-22-16-8-3-2-6-14(16)11-19-12-17(21)20-15-7-4-5-13(9-15)10-18/h2-9,19H,11-12H2,1H3,(H,20,21). The predicted molar refractivity (Wildman–Crippen MR) is 84.5 cm³/mol. The lowest BCUT2D eigenvalue weighted by atomic mass is 10.2. The fourth-order valence-electron chi connectivity index (χ4n) is 2.03. The highest BCUT2D eigenvalue weighted by atomic mass is 16.5. The van der Waals surface area contributed by atoms with Crippen LogP contribution in [0.25, 0.3) is 0 Å². The van der Waals surface area contributed by atoms with Crippen molar-refractivity contribution in [3.8, 4) is 11.8 Å². The monoisotopic (exact) mass is 295 g/mol. The number of nitriles is 1. The van der Waals surface area contributed by atoms with Crippen LogP contribution in [-0.2, 0) is 11.3 Å². The average Bonchev–Trinajstić information content (AvgIpc) is 2.55. The van der Waals surface area contributed by atoms with Gasteiger partial charge in [-0.3, -0.25) is 4.79 Å². The van der Waals surface area contributed by atoms with E-state index in [-0.39, 0.29) is 12.5 Å². The number of carbonyl (C=O) groups is 1. The van der Waals surface area contributed by atoms with Crippen molar-refractivity contribution in [3.63, 3.8) is 0 Å². The maximum absolute atomic E-state index is 11.9. The maximum Gasteiger partial charge on any atom is 0.238 e. The Hall–Kier alpha value is -2.84. The van der Waals surface area contributed by atoms with Gasteiger partial charge in [-0.2, -0.15) is 5.26 Å². The molecule has 0 aliphatic carbocycles. The summed E-state index contributed by atoms with van der Waals surface area (Å²) in [7, 11) is 1.62. The summed E-state index contributed by atoms with van der Waals surface area (Å²) < 4.78 is 5.25. The van der Waals surface area contributed by atoms with E-state index in [4.69, 9.17) is 10.00 Å². The summed E-state index contributed by atoms with van der Waals surface area (Å²) in [6, 6.07) is 16.5. The number of para-hydroxylation sites is 1. The van der Waals surface area contributed by atoms with Crippen LogP contribution < -0.4 is 15.4 Å². The molecule has 0 unspecified atom stereocenters. The van der Waals surface area contributed by atoms with E-state index in [1.807, 2.05) is 30.3 Å². The zero-order chi connectivity index (χ0) is 15.8. The van der Waals surface area contributed by atoms with Gasteiger partial charge >= 0.3 is 0 Å². The van der Waals surface area contributed by atoms with E-state index in [2.05, 4.69) is 10.6 Å². The molecule has 2 aromatic rings. The van der Waals surface area contributed by atoms with E-state index in [9.17, 15) is 4.79 Å². The van der Waals surface area contributed by atoms with Crippen LogP contribution in [0.1, 0.15) is 11.1 Å². The molecule has 22 heavy (non-hydrogen) atoms. The number of rotatable bonds is 6. The van der Waals surface area contributed by atoms with Gasteiger partial charge in [-0.15, -0.1) is 0 Å². The number of amides is 1. The second kappa shape index (κ2) is 7.81. The molecule has 0 aliphatic heterocycles. The minimum Gasteiger partial charge on any atom is -0.496 e. The van der Waals surface area contributed by atoms with Crippen LogP contribution in [-0.4, -0.2) is 19.6 Å². The third-order valence-electron chi connectivity index (χ3n) is 3.07. The number of methoxy groups -OCH3 is 1. The van der Waals surface area contributed by atoms with E-state index in [1.54, 1.807) is 31.4 Å². The summed E-state index contributed by atoms with van der Waals surface area (Å²) in [5.74, 6) is 0.627. The van der Waals surface area contributed by atoms with Crippen LogP contribution in [0.15, 0.2) is 48.5 Å². The van der Waals surface area contributed by atoms with E-state index in [1.165, 1.54) is 0 Å². The van der Waals surface area contributed by atoms with Gasteiger partial charge in [0.15, 0.2) is 0 Å². The molecule has 5 nitrogen and oxygen atoms in total. The van der Waals surface area contributed by atoms with Crippen LogP contribution in [0.5, 0.6) is 5.75 Å². The third-order valence-corrected chi connectivity index (χ3v) is 3.07. The number of nitrogens with one attached hydrogen (secondary N) is 2. The van der Waals surface area contributed by atoms with Crippen LogP contribution >= 0.6 is 0 Å². The van der Waals surface area contributed by atoms with Crippen molar-refractivity contribution in [1.29, 1.82) is 5.26 Å². The van der Waals surface area contributed by atoms with Crippen molar-refractivity contribution in [2.24, 2.45) is 0 Å². The first-order valence-electron chi connectivity index (χ1n) is 6.85. The van der Waals surface area contributed by atoms with Crippen molar-refractivity contribution >= 4 is 11.6 Å². The molecule has 112 valence electrons. The second-order valence-corrected chi connectivity index (χ2v) is 4.66. The lowest BCUT2D eigenvalue weighted by Crippen LogP contribution is -2.27. The van der Waals surface area contributed by atoms with Gasteiger partial charge in [0.25, 0.3) is 0 Å². The SMILES string of the molecule is COc1ccccc1CNCC(=O)Nc1cccc(C#N)c1. The van der Waals surface area contributed by atoms with Gasteiger partial charge in [0.2, 0.25) is 5.91 Å². The molecule has 2 aromatic carbocycles. The van der Waals surface area contributed by atoms with Crippen LogP contribution in [0, 0.1) is 11.3 Å². The number of nitrogens with zero attached hydrogens (tertiary/aromatic N) is 1. The molecule has 0 aliphatic rings. The minimum absolute atomic E-state index is 0.162. The molecule has 2 N–H and O–H groups in total. The maximum atomic E-state index is 11.9. The van der Waals surface area contributed by atoms with E-state index >= 15 is 0 Å². The summed E-state index contributed by atoms with van der Waals surface area (Å²) >= 11 is 0. The van der Waals surface area contributed by atoms with Gasteiger partial charge in [0, 0.05) is 17.8 Å². The van der Waals surface area contributed by atoms with Gasteiger partial charge in [-0.1, -0.05) is 24.3 Å². The summed E-state index contributed by atoms with van der Waals surface area (Å²) in [6.07, 6.45) is 0. The van der Waals surface area contributed by atoms with Gasteiger partial charge in [-0.25, -0.2) is 0 Å². The van der Waals surface area contributed by atoms with Crippen molar-refractivity contribution in [1.82, 2.24) is 5.32 Å². The van der Waals surface area contributed by atoms with Crippen LogP contribution in [0.3, 0.4) is 0 Å². The largest absolute Gasteiger partial charge is 0.496 e. The number of benzene rings is 2. The summed E-state index contributed by atoms with van der Waals surface area (Å²) in [4.78, 5) is 11.9. The number of anilines is 1. The molecule has 5 heteroatoms. The van der Waals surface area contributed by atoms with E-state index in [0.717, 1.165) is 11.3 Å². The molecule has 0 aromatic heterocycles. The Morgan fingerprint density at radius 2 is 2.05 bits per heavy atom. The minimum atomic E-state index is -0.162. The number of carbonyl (C=O) groups excluding carboxylic acids is 1. The molecule has 0 saturated carbocycles. The molecular formula is C17H17N3O2. The van der Waals surface area contributed by atoms with Crippen molar-refractivity contribution in [2.75, 3.05) is 19.0 Å². The zero-order valence-corrected chi connectivity index (χ0v) is 12.3. The summed E-state index contributed by atoms with van der Waals surface area (Å²) in [6.45, 7) is 0.713. The smallest absolute Gasteiger partial charge is 0.238 e. The Morgan fingerprint density at radius 3 is 2.82 bits per heavy atom. The second-order valence-electron chi connectivity index (χ2n) is 4.66. The molecule has 0 atom stereocenters. The summed E-state index contributed by atoms with van der Waals surface area (Å²) in [5.41, 5.74) is 2.12. The molecule has 0 radical (unpaired) electrons. The number of hydrogen-bond donors (Lipinski definition) is 2. The van der Waals surface area contributed by atoms with E-state index < -0.39 is 0 Å². The molecule has 0 spiro atoms. The fourth-order valence-corrected chi connectivity index (χ4v) is 2.03. The fraction of sp³-hybridized carbons (Fsp3) is 0.176. The molecule has 0 heterocycles. The first-order chi connectivity index (χ1) is 10.7. The Bertz CT molecular complexity index is 692. The predicted octanol–water partition coefficient (Wildman–Crippen LogP) is 2.30. The van der Waals surface area contributed by atoms with Crippen LogP contribution in [0.4, 0.5) is 5.69 Å². The number of hydrogen-bond acceptors (Lipinski definition) is 4. The van der Waals surface area contributed by atoms with Gasteiger partial charge in [0.1, 0.15) is 5.75 Å². The Labute approximate surface area is 129 Å². The Balaban J connectivity index is 1.84. The first-order valence-corrected chi connectivity index (χ1v) is 6.85. The molecule has 1 amide bonds. The van der Waals surface area contributed by atoms with Crippen molar-refractivity contribution in [3.05, 3.63) is 59.7 Å². The quantitative estimate of drug-likeness (QED) is 0.857. The average molecular weight is 295 g/mol. The molecule has 0 saturated heterocycles. The van der Waals surface area contributed by atoms with Crippen molar-refractivity contribution in [2.45, 2.75) is 6.54 Å². The lowest BCUT2D eigenvalue weighted by Gasteiger charge is -2.10.